The van der Waals surface area contributed by atoms with Gasteiger partial charge in [-0.2, -0.15) is 13.9 Å². The van der Waals surface area contributed by atoms with Gasteiger partial charge in [0.2, 0.25) is 0 Å². The molecule has 1 aliphatic heterocycles. The van der Waals surface area contributed by atoms with E-state index in [0.29, 0.717) is 36.5 Å². The zero-order chi connectivity index (χ0) is 18.0. The Bertz CT molecular complexity index is 761. The molecule has 2 heterocycles. The summed E-state index contributed by atoms with van der Waals surface area (Å²) in [5.74, 6) is -0.159. The highest BCUT2D eigenvalue weighted by Gasteiger charge is 2.31. The second-order valence-electron chi connectivity index (χ2n) is 6.40. The molecule has 1 aromatic carbocycles. The predicted molar refractivity (Wildman–Crippen MR) is 86.6 cm³/mol. The zero-order valence-electron chi connectivity index (χ0n) is 14.0. The Balaban J connectivity index is 1.87. The molecule has 134 valence electrons. The molecule has 1 amide bonds. The molecule has 0 aliphatic carbocycles. The number of nitrogens with one attached hydrogen (secondary N) is 1. The van der Waals surface area contributed by atoms with E-state index in [1.54, 1.807) is 17.0 Å². The van der Waals surface area contributed by atoms with Crippen molar-refractivity contribution in [2.75, 3.05) is 19.7 Å². The topological polar surface area (TPSA) is 67.5 Å². The molecular formula is C17H19F2N3O3. The van der Waals surface area contributed by atoms with Gasteiger partial charge in [0.05, 0.1) is 29.7 Å². The highest BCUT2D eigenvalue weighted by atomic mass is 19.3. The second kappa shape index (κ2) is 6.79. The van der Waals surface area contributed by atoms with E-state index in [2.05, 4.69) is 14.9 Å². The molecular weight excluding hydrogens is 332 g/mol. The van der Waals surface area contributed by atoms with Gasteiger partial charge >= 0.3 is 6.61 Å². The van der Waals surface area contributed by atoms with Crippen LogP contribution in [0.25, 0.3) is 11.3 Å². The lowest BCUT2D eigenvalue weighted by atomic mass is 10.0. The molecule has 1 aromatic heterocycles. The monoisotopic (exact) mass is 351 g/mol. The Morgan fingerprint density at radius 2 is 2.24 bits per heavy atom. The number of H-pyrrole nitrogens is 1. The van der Waals surface area contributed by atoms with Gasteiger partial charge in [0.1, 0.15) is 5.75 Å². The summed E-state index contributed by atoms with van der Waals surface area (Å²) in [6, 6.07) is 6.16. The molecule has 0 radical (unpaired) electrons. The second-order valence-corrected chi connectivity index (χ2v) is 6.40. The van der Waals surface area contributed by atoms with Crippen LogP contribution in [0.15, 0.2) is 30.5 Å². The lowest BCUT2D eigenvalue weighted by molar-refractivity contribution is -0.0763. The van der Waals surface area contributed by atoms with Crippen molar-refractivity contribution in [3.05, 3.63) is 36.0 Å². The molecule has 0 atom stereocenters. The molecule has 8 heteroatoms. The first kappa shape index (κ1) is 17.3. The number of hydrogen-bond acceptors (Lipinski definition) is 4. The van der Waals surface area contributed by atoms with Crippen molar-refractivity contribution in [2.45, 2.75) is 26.1 Å². The number of carbonyl (C=O) groups excluding carboxylic acids is 1. The molecule has 0 saturated carbocycles. The molecule has 1 aliphatic rings. The third kappa shape index (κ3) is 3.96. The molecule has 6 nitrogen and oxygen atoms in total. The molecule has 0 unspecified atom stereocenters. The van der Waals surface area contributed by atoms with Crippen LogP contribution in [0.2, 0.25) is 0 Å². The summed E-state index contributed by atoms with van der Waals surface area (Å²) in [5.41, 5.74) is 0.982. The number of amides is 1. The van der Waals surface area contributed by atoms with Gasteiger partial charge in [-0.15, -0.1) is 0 Å². The quantitative estimate of drug-likeness (QED) is 0.920. The van der Waals surface area contributed by atoms with Crippen molar-refractivity contribution in [3.63, 3.8) is 0 Å². The van der Waals surface area contributed by atoms with Crippen LogP contribution in [0, 0.1) is 0 Å². The largest absolute Gasteiger partial charge is 0.435 e. The van der Waals surface area contributed by atoms with E-state index in [9.17, 15) is 13.6 Å². The summed E-state index contributed by atoms with van der Waals surface area (Å²) < 4.78 is 34.8. The van der Waals surface area contributed by atoms with E-state index in [0.717, 1.165) is 0 Å². The van der Waals surface area contributed by atoms with E-state index in [-0.39, 0.29) is 11.7 Å². The van der Waals surface area contributed by atoms with Gasteiger partial charge in [-0.05, 0) is 26.0 Å². The average Bonchev–Trinajstić information content (AvgIpc) is 3.02. The van der Waals surface area contributed by atoms with Crippen molar-refractivity contribution >= 4 is 5.91 Å². The van der Waals surface area contributed by atoms with E-state index < -0.39 is 12.2 Å². The number of hydrogen-bond donors (Lipinski definition) is 1. The van der Waals surface area contributed by atoms with Gasteiger partial charge in [0.15, 0.2) is 0 Å². The van der Waals surface area contributed by atoms with Crippen LogP contribution in [0.1, 0.15) is 24.2 Å². The van der Waals surface area contributed by atoms with Crippen molar-refractivity contribution in [1.82, 2.24) is 15.1 Å². The van der Waals surface area contributed by atoms with E-state index in [1.807, 2.05) is 13.8 Å². The molecule has 0 bridgehead atoms. The smallest absolute Gasteiger partial charge is 0.387 e. The summed E-state index contributed by atoms with van der Waals surface area (Å²) in [6.45, 7) is 2.35. The van der Waals surface area contributed by atoms with Gasteiger partial charge in [-0.3, -0.25) is 9.89 Å². The van der Waals surface area contributed by atoms with Crippen LogP contribution in [0.3, 0.4) is 0 Å². The molecule has 2 aromatic rings. The standard InChI is InChI=1S/C17H19F2N3O3/c1-17(2)10-22(6-7-24-17)15(23)13-9-20-21-14(13)11-4-3-5-12(8-11)25-16(18)19/h3-5,8-9,16H,6-7,10H2,1-2H3,(H,20,21). The first-order valence-corrected chi connectivity index (χ1v) is 7.87. The zero-order valence-corrected chi connectivity index (χ0v) is 14.0. The number of aromatic nitrogens is 2. The first-order valence-electron chi connectivity index (χ1n) is 7.87. The number of morpholine rings is 1. The fourth-order valence-corrected chi connectivity index (χ4v) is 2.86. The Morgan fingerprint density at radius 3 is 2.96 bits per heavy atom. The fourth-order valence-electron chi connectivity index (χ4n) is 2.86. The Morgan fingerprint density at radius 1 is 1.44 bits per heavy atom. The highest BCUT2D eigenvalue weighted by Crippen LogP contribution is 2.27. The van der Waals surface area contributed by atoms with Crippen LogP contribution in [-0.2, 0) is 4.74 Å². The number of aromatic amines is 1. The number of rotatable bonds is 4. The minimum atomic E-state index is -2.91. The third-order valence-corrected chi connectivity index (χ3v) is 3.93. The fraction of sp³-hybridized carbons (Fsp3) is 0.412. The minimum absolute atomic E-state index is 0.0213. The maximum atomic E-state index is 12.9. The normalized spacial score (nSPS) is 16.9. The molecule has 1 fully saturated rings. The van der Waals surface area contributed by atoms with E-state index >= 15 is 0 Å². The average molecular weight is 351 g/mol. The Labute approximate surface area is 143 Å². The van der Waals surface area contributed by atoms with Gasteiger partial charge in [-0.25, -0.2) is 0 Å². The maximum Gasteiger partial charge on any atom is 0.387 e. The van der Waals surface area contributed by atoms with Crippen molar-refractivity contribution < 1.29 is 23.0 Å². The molecule has 0 spiro atoms. The lowest BCUT2D eigenvalue weighted by Gasteiger charge is -2.38. The van der Waals surface area contributed by atoms with Gasteiger partial charge < -0.3 is 14.4 Å². The molecule has 1 saturated heterocycles. The maximum absolute atomic E-state index is 12.9. The van der Waals surface area contributed by atoms with E-state index in [4.69, 9.17) is 4.74 Å². The van der Waals surface area contributed by atoms with Crippen LogP contribution in [-0.4, -0.2) is 52.9 Å². The number of benzene rings is 1. The van der Waals surface area contributed by atoms with Crippen LogP contribution in [0.4, 0.5) is 8.78 Å². The SMILES string of the molecule is CC1(C)CN(C(=O)c2cn[nH]c2-c2cccc(OC(F)F)c2)CCO1. The van der Waals surface area contributed by atoms with Gasteiger partial charge in [0.25, 0.3) is 5.91 Å². The first-order chi connectivity index (χ1) is 11.9. The third-order valence-electron chi connectivity index (χ3n) is 3.93. The lowest BCUT2D eigenvalue weighted by Crippen LogP contribution is -2.50. The van der Waals surface area contributed by atoms with Crippen molar-refractivity contribution in [3.8, 4) is 17.0 Å². The van der Waals surface area contributed by atoms with Crippen LogP contribution in [0.5, 0.6) is 5.75 Å². The summed E-state index contributed by atoms with van der Waals surface area (Å²) >= 11 is 0. The number of alkyl halides is 2. The molecule has 25 heavy (non-hydrogen) atoms. The Hall–Kier alpha value is -2.48. The van der Waals surface area contributed by atoms with Gasteiger partial charge in [-0.1, -0.05) is 12.1 Å². The van der Waals surface area contributed by atoms with Crippen molar-refractivity contribution in [1.29, 1.82) is 0 Å². The van der Waals surface area contributed by atoms with Crippen molar-refractivity contribution in [2.24, 2.45) is 0 Å². The predicted octanol–water partition coefficient (Wildman–Crippen LogP) is 2.93. The summed E-state index contributed by atoms with van der Waals surface area (Å²) in [7, 11) is 0. The summed E-state index contributed by atoms with van der Waals surface area (Å²) in [4.78, 5) is 14.6. The number of nitrogens with zero attached hydrogens (tertiary/aromatic N) is 2. The molecule has 3 rings (SSSR count). The Kier molecular flexibility index (Phi) is 4.71. The van der Waals surface area contributed by atoms with E-state index in [1.165, 1.54) is 18.3 Å². The minimum Gasteiger partial charge on any atom is -0.435 e. The summed E-state index contributed by atoms with van der Waals surface area (Å²) in [6.07, 6.45) is 1.45. The van der Waals surface area contributed by atoms with Gasteiger partial charge in [0, 0.05) is 18.7 Å². The number of halogens is 2. The van der Waals surface area contributed by atoms with Crippen LogP contribution >= 0.6 is 0 Å². The molecule has 1 N–H and O–H groups in total. The highest BCUT2D eigenvalue weighted by molar-refractivity contribution is 5.99. The summed E-state index contributed by atoms with van der Waals surface area (Å²) in [5, 5.41) is 6.72. The number of carbonyl (C=O) groups is 1. The number of ether oxygens (including phenoxy) is 2. The van der Waals surface area contributed by atoms with Crippen LogP contribution < -0.4 is 4.74 Å².